The van der Waals surface area contributed by atoms with Crippen LogP contribution in [0.1, 0.15) is 33.3 Å². The van der Waals surface area contributed by atoms with Crippen molar-refractivity contribution in [1.29, 1.82) is 0 Å². The molecular weight excluding hydrogens is 470 g/mol. The van der Waals surface area contributed by atoms with Crippen molar-refractivity contribution < 1.29 is 19.1 Å². The number of hydrogen-bond donors (Lipinski definition) is 0. The van der Waals surface area contributed by atoms with Crippen LogP contribution < -0.4 is 4.74 Å². The van der Waals surface area contributed by atoms with E-state index in [0.717, 1.165) is 21.4 Å². The highest BCUT2D eigenvalue weighted by atomic mass is 79.9. The Kier molecular flexibility index (Phi) is 6.42. The zero-order valence-electron chi connectivity index (χ0n) is 17.8. The SMILES string of the molecule is CCOC(=O)c1c(C)n(-c2ccccc2Br)c2ccc(OCC(=O)c3ccccc3)cc12. The maximum Gasteiger partial charge on any atom is 0.340 e. The van der Waals surface area contributed by atoms with Crippen molar-refractivity contribution in [2.75, 3.05) is 13.2 Å². The molecule has 32 heavy (non-hydrogen) atoms. The van der Waals surface area contributed by atoms with E-state index in [1.807, 2.05) is 66.1 Å². The predicted molar refractivity (Wildman–Crippen MR) is 128 cm³/mol. The van der Waals surface area contributed by atoms with Gasteiger partial charge >= 0.3 is 5.97 Å². The van der Waals surface area contributed by atoms with Gasteiger partial charge in [0.1, 0.15) is 5.75 Å². The Labute approximate surface area is 194 Å². The maximum absolute atomic E-state index is 12.8. The van der Waals surface area contributed by atoms with E-state index < -0.39 is 5.97 Å². The normalized spacial score (nSPS) is 10.8. The van der Waals surface area contributed by atoms with Crippen molar-refractivity contribution in [3.05, 3.63) is 94.1 Å². The molecule has 0 aliphatic heterocycles. The number of para-hydroxylation sites is 1. The number of hydrogen-bond acceptors (Lipinski definition) is 4. The van der Waals surface area contributed by atoms with E-state index in [-0.39, 0.29) is 19.0 Å². The van der Waals surface area contributed by atoms with Gasteiger partial charge < -0.3 is 14.0 Å². The van der Waals surface area contributed by atoms with Gasteiger partial charge in [-0.25, -0.2) is 4.79 Å². The third kappa shape index (κ3) is 4.18. The standard InChI is InChI=1S/C26H22BrNO4/c1-3-31-26(30)25-17(2)28(23-12-8-7-11-21(23)27)22-14-13-19(15-20(22)25)32-16-24(29)18-9-5-4-6-10-18/h4-15H,3,16H2,1-2H3. The Hall–Kier alpha value is -3.38. The van der Waals surface area contributed by atoms with Gasteiger partial charge in [-0.05, 0) is 60.1 Å². The molecule has 0 amide bonds. The number of nitrogens with zero attached hydrogens (tertiary/aromatic N) is 1. The Balaban J connectivity index is 1.76. The van der Waals surface area contributed by atoms with Gasteiger partial charge in [0.15, 0.2) is 12.4 Å². The number of Topliss-reactive ketones (excluding diaryl/α,β-unsaturated/α-hetero) is 1. The number of rotatable bonds is 7. The second-order valence-electron chi connectivity index (χ2n) is 7.22. The van der Waals surface area contributed by atoms with E-state index >= 15 is 0 Å². The van der Waals surface area contributed by atoms with E-state index in [1.165, 1.54) is 0 Å². The van der Waals surface area contributed by atoms with Crippen molar-refractivity contribution >= 4 is 38.6 Å². The average molecular weight is 492 g/mol. The lowest BCUT2D eigenvalue weighted by molar-refractivity contribution is 0.0527. The first-order valence-electron chi connectivity index (χ1n) is 10.3. The highest BCUT2D eigenvalue weighted by Gasteiger charge is 2.23. The van der Waals surface area contributed by atoms with Gasteiger partial charge in [0.05, 0.1) is 23.4 Å². The number of aromatic nitrogens is 1. The third-order valence-corrected chi connectivity index (χ3v) is 5.88. The monoisotopic (exact) mass is 491 g/mol. The minimum atomic E-state index is -0.390. The molecule has 0 radical (unpaired) electrons. The van der Waals surface area contributed by atoms with Crippen LogP contribution in [0.5, 0.6) is 5.75 Å². The summed E-state index contributed by atoms with van der Waals surface area (Å²) in [6, 6.07) is 22.3. The number of esters is 1. The third-order valence-electron chi connectivity index (χ3n) is 5.21. The molecule has 0 aliphatic rings. The minimum absolute atomic E-state index is 0.0891. The van der Waals surface area contributed by atoms with Crippen LogP contribution in [0, 0.1) is 6.92 Å². The summed E-state index contributed by atoms with van der Waals surface area (Å²) in [5.74, 6) is 0.00759. The Morgan fingerprint density at radius 2 is 1.69 bits per heavy atom. The summed E-state index contributed by atoms with van der Waals surface area (Å²) in [5.41, 5.74) is 3.61. The molecule has 1 aromatic heterocycles. The van der Waals surface area contributed by atoms with Crippen molar-refractivity contribution in [3.8, 4) is 11.4 Å². The molecular formula is C26H22BrNO4. The Morgan fingerprint density at radius 1 is 0.969 bits per heavy atom. The topological polar surface area (TPSA) is 57.5 Å². The van der Waals surface area contributed by atoms with E-state index in [0.29, 0.717) is 22.3 Å². The minimum Gasteiger partial charge on any atom is -0.485 e. The van der Waals surface area contributed by atoms with E-state index in [1.54, 1.807) is 25.1 Å². The van der Waals surface area contributed by atoms with Gasteiger partial charge in [0.25, 0.3) is 0 Å². The van der Waals surface area contributed by atoms with Crippen molar-refractivity contribution in [1.82, 2.24) is 4.57 Å². The number of halogens is 1. The number of carbonyl (C=O) groups excluding carboxylic acids is 2. The molecule has 4 rings (SSSR count). The van der Waals surface area contributed by atoms with E-state index in [2.05, 4.69) is 15.9 Å². The predicted octanol–water partition coefficient (Wildman–Crippen LogP) is 6.14. The molecule has 3 aromatic carbocycles. The molecule has 162 valence electrons. The molecule has 0 aliphatic carbocycles. The molecule has 4 aromatic rings. The van der Waals surface area contributed by atoms with Crippen LogP contribution in [0.4, 0.5) is 0 Å². The van der Waals surface area contributed by atoms with Crippen LogP contribution in [0.2, 0.25) is 0 Å². The molecule has 0 saturated heterocycles. The van der Waals surface area contributed by atoms with Crippen LogP contribution in [-0.2, 0) is 4.74 Å². The summed E-state index contributed by atoms with van der Waals surface area (Å²) in [6.45, 7) is 3.87. The van der Waals surface area contributed by atoms with Crippen LogP contribution in [0.25, 0.3) is 16.6 Å². The summed E-state index contributed by atoms with van der Waals surface area (Å²) in [4.78, 5) is 25.2. The summed E-state index contributed by atoms with van der Waals surface area (Å²) < 4.78 is 14.0. The molecule has 0 N–H and O–H groups in total. The van der Waals surface area contributed by atoms with Gasteiger partial charge in [-0.15, -0.1) is 0 Å². The van der Waals surface area contributed by atoms with Crippen LogP contribution in [0.15, 0.2) is 77.3 Å². The van der Waals surface area contributed by atoms with Gasteiger partial charge in [-0.1, -0.05) is 42.5 Å². The van der Waals surface area contributed by atoms with Gasteiger partial charge in [-0.3, -0.25) is 4.79 Å². The molecule has 0 fully saturated rings. The molecule has 0 saturated carbocycles. The van der Waals surface area contributed by atoms with Crippen molar-refractivity contribution in [3.63, 3.8) is 0 Å². The fourth-order valence-corrected chi connectivity index (χ4v) is 4.21. The van der Waals surface area contributed by atoms with E-state index in [4.69, 9.17) is 9.47 Å². The number of fused-ring (bicyclic) bond motifs is 1. The molecule has 0 unspecified atom stereocenters. The lowest BCUT2D eigenvalue weighted by atomic mass is 10.1. The molecule has 6 heteroatoms. The smallest absolute Gasteiger partial charge is 0.340 e. The first-order chi connectivity index (χ1) is 15.5. The van der Waals surface area contributed by atoms with Crippen molar-refractivity contribution in [2.24, 2.45) is 0 Å². The van der Waals surface area contributed by atoms with Crippen LogP contribution in [-0.4, -0.2) is 29.5 Å². The number of ether oxygens (including phenoxy) is 2. The molecule has 5 nitrogen and oxygen atoms in total. The average Bonchev–Trinajstić information content (AvgIpc) is 3.09. The van der Waals surface area contributed by atoms with Gasteiger partial charge in [0.2, 0.25) is 0 Å². The van der Waals surface area contributed by atoms with Gasteiger partial charge in [0, 0.05) is 21.1 Å². The lowest BCUT2D eigenvalue weighted by Gasteiger charge is -2.11. The first-order valence-corrected chi connectivity index (χ1v) is 11.1. The second-order valence-corrected chi connectivity index (χ2v) is 8.08. The second kappa shape index (κ2) is 9.40. The fraction of sp³-hybridized carbons (Fsp3) is 0.154. The zero-order valence-corrected chi connectivity index (χ0v) is 19.4. The van der Waals surface area contributed by atoms with Crippen molar-refractivity contribution in [2.45, 2.75) is 13.8 Å². The first kappa shape index (κ1) is 21.8. The largest absolute Gasteiger partial charge is 0.485 e. The van der Waals surface area contributed by atoms with E-state index in [9.17, 15) is 9.59 Å². The highest BCUT2D eigenvalue weighted by molar-refractivity contribution is 9.10. The zero-order chi connectivity index (χ0) is 22.7. The molecule has 0 bridgehead atoms. The highest BCUT2D eigenvalue weighted by Crippen LogP contribution is 2.34. The molecule has 0 spiro atoms. The number of benzene rings is 3. The number of carbonyl (C=O) groups is 2. The number of ketones is 1. The van der Waals surface area contributed by atoms with Crippen LogP contribution >= 0.6 is 15.9 Å². The summed E-state index contributed by atoms with van der Waals surface area (Å²) in [6.07, 6.45) is 0. The maximum atomic E-state index is 12.8. The molecule has 1 heterocycles. The fourth-order valence-electron chi connectivity index (χ4n) is 3.75. The lowest BCUT2D eigenvalue weighted by Crippen LogP contribution is -2.11. The Bertz CT molecular complexity index is 1290. The van der Waals surface area contributed by atoms with Gasteiger partial charge in [-0.2, -0.15) is 0 Å². The Morgan fingerprint density at radius 3 is 2.41 bits per heavy atom. The summed E-state index contributed by atoms with van der Waals surface area (Å²) in [7, 11) is 0. The molecule has 0 atom stereocenters. The summed E-state index contributed by atoms with van der Waals surface area (Å²) >= 11 is 3.61. The van der Waals surface area contributed by atoms with Crippen LogP contribution in [0.3, 0.4) is 0 Å². The summed E-state index contributed by atoms with van der Waals surface area (Å²) in [5, 5.41) is 0.710. The quantitative estimate of drug-likeness (QED) is 0.230.